The van der Waals surface area contributed by atoms with E-state index in [9.17, 15) is 4.79 Å². The molecule has 4 aromatic rings. The van der Waals surface area contributed by atoms with Crippen LogP contribution in [0.3, 0.4) is 0 Å². The summed E-state index contributed by atoms with van der Waals surface area (Å²) in [6.45, 7) is 0. The number of ether oxygens (including phenoxy) is 2. The number of hydrogen-bond acceptors (Lipinski definition) is 7. The van der Waals surface area contributed by atoms with Gasteiger partial charge in [0, 0.05) is 22.8 Å². The Morgan fingerprint density at radius 1 is 1.03 bits per heavy atom. The van der Waals surface area contributed by atoms with Crippen LogP contribution in [0.2, 0.25) is 5.02 Å². The summed E-state index contributed by atoms with van der Waals surface area (Å²) in [4.78, 5) is 17.0. The van der Waals surface area contributed by atoms with Gasteiger partial charge in [0.2, 0.25) is 5.82 Å². The van der Waals surface area contributed by atoms with E-state index >= 15 is 0 Å². The van der Waals surface area contributed by atoms with Crippen molar-refractivity contribution in [3.8, 4) is 28.7 Å². The zero-order chi connectivity index (χ0) is 21.1. The van der Waals surface area contributed by atoms with Crippen LogP contribution >= 0.6 is 11.6 Å². The molecule has 0 aliphatic rings. The molecule has 0 amide bonds. The smallest absolute Gasteiger partial charge is 0.273 e. The Morgan fingerprint density at radius 2 is 1.80 bits per heavy atom. The third-order valence-corrected chi connectivity index (χ3v) is 4.54. The van der Waals surface area contributed by atoms with E-state index in [-0.39, 0.29) is 5.56 Å². The van der Waals surface area contributed by atoms with Crippen molar-refractivity contribution in [3.63, 3.8) is 0 Å². The third-order valence-electron chi connectivity index (χ3n) is 4.29. The van der Waals surface area contributed by atoms with E-state index in [0.29, 0.717) is 45.1 Å². The molecule has 0 radical (unpaired) electrons. The van der Waals surface area contributed by atoms with E-state index in [1.807, 2.05) is 0 Å². The largest absolute Gasteiger partial charge is 0.493 e. The van der Waals surface area contributed by atoms with Crippen molar-refractivity contribution in [1.82, 2.24) is 25.0 Å². The molecule has 0 spiro atoms. The average Bonchev–Trinajstić information content (AvgIpc) is 3.29. The van der Waals surface area contributed by atoms with Crippen molar-refractivity contribution in [2.75, 3.05) is 19.5 Å². The van der Waals surface area contributed by atoms with E-state index in [2.05, 4.69) is 25.6 Å². The molecule has 2 N–H and O–H groups in total. The Morgan fingerprint density at radius 3 is 2.47 bits per heavy atom. The maximum Gasteiger partial charge on any atom is 0.273 e. The summed E-state index contributed by atoms with van der Waals surface area (Å²) in [7, 11) is 3.11. The number of benzene rings is 2. The summed E-state index contributed by atoms with van der Waals surface area (Å²) >= 11 is 5.95. The summed E-state index contributed by atoms with van der Waals surface area (Å²) < 4.78 is 11.9. The molecule has 4 rings (SSSR count). The van der Waals surface area contributed by atoms with Gasteiger partial charge < -0.3 is 14.8 Å². The molecule has 0 aliphatic heterocycles. The Kier molecular flexibility index (Phi) is 5.36. The highest BCUT2D eigenvalue weighted by Gasteiger charge is 2.16. The molecular weight excluding hydrogens is 408 g/mol. The number of aromatic amines is 1. The second-order valence-electron chi connectivity index (χ2n) is 6.15. The fourth-order valence-corrected chi connectivity index (χ4v) is 3.00. The van der Waals surface area contributed by atoms with E-state index in [1.165, 1.54) is 17.1 Å². The summed E-state index contributed by atoms with van der Waals surface area (Å²) in [6.07, 6.45) is 1.44. The van der Waals surface area contributed by atoms with Crippen molar-refractivity contribution >= 4 is 23.0 Å². The van der Waals surface area contributed by atoms with Crippen molar-refractivity contribution in [2.45, 2.75) is 0 Å². The molecule has 9 nitrogen and oxygen atoms in total. The minimum Gasteiger partial charge on any atom is -0.493 e. The number of nitrogens with one attached hydrogen (secondary N) is 2. The molecule has 0 atom stereocenters. The van der Waals surface area contributed by atoms with Gasteiger partial charge in [-0.3, -0.25) is 9.89 Å². The van der Waals surface area contributed by atoms with E-state index < -0.39 is 0 Å². The molecule has 2 heterocycles. The van der Waals surface area contributed by atoms with E-state index in [4.69, 9.17) is 21.1 Å². The van der Waals surface area contributed by atoms with Crippen LogP contribution in [-0.2, 0) is 0 Å². The van der Waals surface area contributed by atoms with Gasteiger partial charge >= 0.3 is 0 Å². The van der Waals surface area contributed by atoms with Gasteiger partial charge in [-0.2, -0.15) is 14.9 Å². The van der Waals surface area contributed by atoms with Crippen LogP contribution in [0.5, 0.6) is 11.5 Å². The number of aromatic nitrogens is 5. The first-order valence-electron chi connectivity index (χ1n) is 8.84. The molecule has 2 aromatic heterocycles. The first-order chi connectivity index (χ1) is 14.6. The zero-order valence-electron chi connectivity index (χ0n) is 16.1. The van der Waals surface area contributed by atoms with Gasteiger partial charge in [-0.15, -0.1) is 0 Å². The topological polar surface area (TPSA) is 107 Å². The highest BCUT2D eigenvalue weighted by Crippen LogP contribution is 2.32. The number of halogens is 1. The minimum absolute atomic E-state index is 0.334. The van der Waals surface area contributed by atoms with Crippen molar-refractivity contribution in [3.05, 3.63) is 70.2 Å². The Balaban J connectivity index is 1.81. The molecule has 0 saturated carbocycles. The van der Waals surface area contributed by atoms with E-state index in [1.54, 1.807) is 56.7 Å². The Hall–Kier alpha value is -3.85. The molecule has 0 aliphatic carbocycles. The lowest BCUT2D eigenvalue weighted by molar-refractivity contribution is 0.355. The zero-order valence-corrected chi connectivity index (χ0v) is 16.8. The highest BCUT2D eigenvalue weighted by atomic mass is 35.5. The van der Waals surface area contributed by atoms with Crippen LogP contribution in [0.1, 0.15) is 0 Å². The lowest BCUT2D eigenvalue weighted by Crippen LogP contribution is -2.22. The molecule has 0 fully saturated rings. The van der Waals surface area contributed by atoms with Gasteiger partial charge in [-0.05, 0) is 36.4 Å². The van der Waals surface area contributed by atoms with Gasteiger partial charge in [0.25, 0.3) is 5.56 Å². The second-order valence-corrected chi connectivity index (χ2v) is 6.59. The normalized spacial score (nSPS) is 10.6. The van der Waals surface area contributed by atoms with Gasteiger partial charge in [0.05, 0.1) is 25.6 Å². The minimum atomic E-state index is -0.334. The van der Waals surface area contributed by atoms with Crippen LogP contribution in [0, 0.1) is 0 Å². The standard InChI is InChI=1S/C20H17ClN6O3/c1-29-16-8-5-13(9-17(16)30-2)24-15-10-18(28)27(14-6-3-12(21)4-7-14)26-19(15)20-22-11-23-25-20/h3-11,24H,1-2H3,(H,22,23,25). The molecule has 2 aromatic carbocycles. The number of rotatable bonds is 6. The fourth-order valence-electron chi connectivity index (χ4n) is 2.88. The third kappa shape index (κ3) is 3.83. The Labute approximate surface area is 176 Å². The van der Waals surface area contributed by atoms with Crippen LogP contribution < -0.4 is 20.3 Å². The second kappa shape index (κ2) is 8.26. The van der Waals surface area contributed by atoms with Crippen molar-refractivity contribution in [2.24, 2.45) is 0 Å². The van der Waals surface area contributed by atoms with E-state index in [0.717, 1.165) is 0 Å². The summed E-state index contributed by atoms with van der Waals surface area (Å²) in [5, 5.41) is 15.0. The fraction of sp³-hybridized carbons (Fsp3) is 0.100. The molecule has 10 heteroatoms. The predicted molar refractivity (Wildman–Crippen MR) is 113 cm³/mol. The molecule has 0 bridgehead atoms. The first kappa shape index (κ1) is 19.5. The van der Waals surface area contributed by atoms with Crippen LogP contribution in [0.4, 0.5) is 11.4 Å². The average molecular weight is 425 g/mol. The van der Waals surface area contributed by atoms with Gasteiger partial charge in [-0.1, -0.05) is 11.6 Å². The summed E-state index contributed by atoms with van der Waals surface area (Å²) in [6, 6.07) is 13.5. The predicted octanol–water partition coefficient (Wildman–Crippen LogP) is 3.43. The summed E-state index contributed by atoms with van der Waals surface area (Å²) in [5.41, 5.74) is 1.74. The molecule has 30 heavy (non-hydrogen) atoms. The number of H-pyrrole nitrogens is 1. The van der Waals surface area contributed by atoms with Crippen LogP contribution in [-0.4, -0.2) is 39.2 Å². The molecule has 152 valence electrons. The van der Waals surface area contributed by atoms with Crippen molar-refractivity contribution in [1.29, 1.82) is 0 Å². The van der Waals surface area contributed by atoms with Crippen LogP contribution in [0.25, 0.3) is 17.2 Å². The quantitative estimate of drug-likeness (QED) is 0.488. The number of hydrogen-bond donors (Lipinski definition) is 2. The Bertz CT molecular complexity index is 1220. The highest BCUT2D eigenvalue weighted by molar-refractivity contribution is 6.30. The van der Waals surface area contributed by atoms with Crippen LogP contribution in [0.15, 0.2) is 59.7 Å². The molecule has 0 unspecified atom stereocenters. The number of methoxy groups -OCH3 is 2. The number of nitrogens with zero attached hydrogens (tertiary/aromatic N) is 4. The van der Waals surface area contributed by atoms with Gasteiger partial charge in [0.15, 0.2) is 17.2 Å². The van der Waals surface area contributed by atoms with Gasteiger partial charge in [-0.25, -0.2) is 4.98 Å². The number of anilines is 2. The molecule has 0 saturated heterocycles. The molecular formula is C20H17ClN6O3. The lowest BCUT2D eigenvalue weighted by atomic mass is 10.2. The summed E-state index contributed by atoms with van der Waals surface area (Å²) in [5.74, 6) is 1.47. The lowest BCUT2D eigenvalue weighted by Gasteiger charge is -2.14. The SMILES string of the molecule is COc1ccc(Nc2cc(=O)n(-c3ccc(Cl)cc3)nc2-c2nc[nH]n2)cc1OC. The maximum absolute atomic E-state index is 12.8. The van der Waals surface area contributed by atoms with Crippen molar-refractivity contribution < 1.29 is 9.47 Å². The maximum atomic E-state index is 12.8. The monoisotopic (exact) mass is 424 g/mol. The van der Waals surface area contributed by atoms with Gasteiger partial charge in [0.1, 0.15) is 6.33 Å². The first-order valence-corrected chi connectivity index (χ1v) is 9.22.